The van der Waals surface area contributed by atoms with Gasteiger partial charge in [0, 0.05) is 12.7 Å². The van der Waals surface area contributed by atoms with Crippen molar-refractivity contribution in [2.75, 3.05) is 6.61 Å². The number of hydrogen-bond acceptors (Lipinski definition) is 4. The summed E-state index contributed by atoms with van der Waals surface area (Å²) >= 11 is 0. The number of rotatable bonds is 5. The van der Waals surface area contributed by atoms with Crippen molar-refractivity contribution in [3.8, 4) is 0 Å². The molecule has 0 fully saturated rings. The van der Waals surface area contributed by atoms with Gasteiger partial charge in [-0.3, -0.25) is 0 Å². The summed E-state index contributed by atoms with van der Waals surface area (Å²) in [4.78, 5) is 10.5. The van der Waals surface area contributed by atoms with Gasteiger partial charge in [0.05, 0.1) is 0 Å². The Labute approximate surface area is 94.4 Å². The lowest BCUT2D eigenvalue weighted by atomic mass is 9.93. The van der Waals surface area contributed by atoms with Crippen LogP contribution >= 0.6 is 0 Å². The smallest absolute Gasteiger partial charge is 0.358 e. The molecular weight excluding hydrogens is 210 g/mol. The van der Waals surface area contributed by atoms with Crippen LogP contribution in [0.25, 0.3) is 0 Å². The summed E-state index contributed by atoms with van der Waals surface area (Å²) in [5.74, 6) is -0.656. The van der Waals surface area contributed by atoms with E-state index in [4.69, 9.17) is 14.4 Å². The standard InChI is InChI=1S/C11H17NO4/c1-11(2,3)4-5-15-7-8-6-9(10(13)14)12-16-8/h6H,4-5,7H2,1-3H3,(H,13,14). The zero-order valence-corrected chi connectivity index (χ0v) is 9.82. The minimum atomic E-state index is -1.09. The predicted octanol–water partition coefficient (Wildman–Crippen LogP) is 2.33. The molecule has 5 heteroatoms. The molecule has 0 unspecified atom stereocenters. The average molecular weight is 227 g/mol. The van der Waals surface area contributed by atoms with Crippen molar-refractivity contribution in [2.24, 2.45) is 5.41 Å². The van der Waals surface area contributed by atoms with Crippen LogP contribution in [0.3, 0.4) is 0 Å². The molecule has 1 rings (SSSR count). The minimum absolute atomic E-state index is 0.0885. The molecule has 0 bridgehead atoms. The van der Waals surface area contributed by atoms with Gasteiger partial charge in [-0.05, 0) is 11.8 Å². The number of carbonyl (C=O) groups is 1. The molecule has 0 radical (unpaired) electrons. The Balaban J connectivity index is 2.30. The Morgan fingerprint density at radius 1 is 1.56 bits per heavy atom. The highest BCUT2D eigenvalue weighted by molar-refractivity contribution is 5.85. The maximum absolute atomic E-state index is 10.5. The van der Waals surface area contributed by atoms with Gasteiger partial charge in [0.25, 0.3) is 0 Å². The highest BCUT2D eigenvalue weighted by Crippen LogP contribution is 2.18. The topological polar surface area (TPSA) is 72.6 Å². The van der Waals surface area contributed by atoms with Gasteiger partial charge in [-0.1, -0.05) is 25.9 Å². The first-order chi connectivity index (χ1) is 7.38. The van der Waals surface area contributed by atoms with Gasteiger partial charge in [-0.25, -0.2) is 4.79 Å². The molecule has 5 nitrogen and oxygen atoms in total. The molecule has 0 aromatic carbocycles. The van der Waals surface area contributed by atoms with Crippen LogP contribution in [0.5, 0.6) is 0 Å². The van der Waals surface area contributed by atoms with E-state index in [-0.39, 0.29) is 17.7 Å². The lowest BCUT2D eigenvalue weighted by Crippen LogP contribution is -2.09. The molecule has 0 saturated carbocycles. The highest BCUT2D eigenvalue weighted by Gasteiger charge is 2.12. The molecule has 1 aromatic rings. The number of aromatic carboxylic acids is 1. The van der Waals surface area contributed by atoms with Gasteiger partial charge in [-0.15, -0.1) is 0 Å². The summed E-state index contributed by atoms with van der Waals surface area (Å²) in [7, 11) is 0. The SMILES string of the molecule is CC(C)(C)CCOCc1cc(C(=O)O)no1. The summed E-state index contributed by atoms with van der Waals surface area (Å²) in [5.41, 5.74) is 0.141. The summed E-state index contributed by atoms with van der Waals surface area (Å²) < 4.78 is 10.2. The Morgan fingerprint density at radius 3 is 2.75 bits per heavy atom. The van der Waals surface area contributed by atoms with E-state index in [1.807, 2.05) is 0 Å². The number of carboxylic acid groups (broad SMARTS) is 1. The molecule has 1 aromatic heterocycles. The Kier molecular flexibility index (Phi) is 4.06. The van der Waals surface area contributed by atoms with E-state index in [2.05, 4.69) is 25.9 Å². The van der Waals surface area contributed by atoms with E-state index < -0.39 is 5.97 Å². The van der Waals surface area contributed by atoms with E-state index in [1.54, 1.807) is 0 Å². The molecule has 0 aliphatic carbocycles. The third-order valence-corrected chi connectivity index (χ3v) is 2.02. The van der Waals surface area contributed by atoms with Crippen LogP contribution in [0.2, 0.25) is 0 Å². The normalized spacial score (nSPS) is 11.7. The molecule has 90 valence electrons. The van der Waals surface area contributed by atoms with Crippen LogP contribution in [-0.2, 0) is 11.3 Å². The van der Waals surface area contributed by atoms with Crippen LogP contribution < -0.4 is 0 Å². The van der Waals surface area contributed by atoms with Crippen molar-refractivity contribution >= 4 is 5.97 Å². The van der Waals surface area contributed by atoms with Crippen LogP contribution in [0.15, 0.2) is 10.6 Å². The molecule has 1 heterocycles. The predicted molar refractivity (Wildman–Crippen MR) is 57.2 cm³/mol. The van der Waals surface area contributed by atoms with Crippen molar-refractivity contribution in [1.29, 1.82) is 0 Å². The van der Waals surface area contributed by atoms with Crippen LogP contribution in [0, 0.1) is 5.41 Å². The van der Waals surface area contributed by atoms with Crippen molar-refractivity contribution in [3.05, 3.63) is 17.5 Å². The first-order valence-electron chi connectivity index (χ1n) is 5.15. The van der Waals surface area contributed by atoms with E-state index >= 15 is 0 Å². The molecule has 0 amide bonds. The fraction of sp³-hybridized carbons (Fsp3) is 0.636. The zero-order chi connectivity index (χ0) is 12.2. The number of carboxylic acids is 1. The largest absolute Gasteiger partial charge is 0.476 e. The van der Waals surface area contributed by atoms with Gasteiger partial charge < -0.3 is 14.4 Å². The van der Waals surface area contributed by atoms with Crippen LogP contribution in [0.1, 0.15) is 43.4 Å². The monoisotopic (exact) mass is 227 g/mol. The molecule has 0 aliphatic heterocycles. The average Bonchev–Trinajstić information content (AvgIpc) is 2.59. The Hall–Kier alpha value is -1.36. The molecule has 0 aliphatic rings. The third kappa shape index (κ3) is 4.44. The third-order valence-electron chi connectivity index (χ3n) is 2.02. The van der Waals surface area contributed by atoms with Crippen LogP contribution in [0.4, 0.5) is 0 Å². The summed E-state index contributed by atoms with van der Waals surface area (Å²) in [6.45, 7) is 7.27. The van der Waals surface area contributed by atoms with E-state index in [0.29, 0.717) is 12.4 Å². The second-order valence-electron chi connectivity index (χ2n) is 4.85. The van der Waals surface area contributed by atoms with E-state index in [0.717, 1.165) is 6.42 Å². The highest BCUT2D eigenvalue weighted by atomic mass is 16.5. The number of nitrogens with zero attached hydrogens (tertiary/aromatic N) is 1. The molecule has 0 saturated heterocycles. The summed E-state index contributed by atoms with van der Waals surface area (Å²) in [6.07, 6.45) is 0.937. The summed E-state index contributed by atoms with van der Waals surface area (Å²) in [6, 6.07) is 1.37. The van der Waals surface area contributed by atoms with Gasteiger partial charge in [0.15, 0.2) is 11.5 Å². The summed E-state index contributed by atoms with van der Waals surface area (Å²) in [5, 5.41) is 12.0. The van der Waals surface area contributed by atoms with Gasteiger partial charge in [0.2, 0.25) is 0 Å². The van der Waals surface area contributed by atoms with E-state index in [1.165, 1.54) is 6.07 Å². The second kappa shape index (κ2) is 5.12. The van der Waals surface area contributed by atoms with Crippen molar-refractivity contribution in [1.82, 2.24) is 5.16 Å². The Bertz CT molecular complexity index is 351. The molecular formula is C11H17NO4. The molecule has 0 atom stereocenters. The maximum Gasteiger partial charge on any atom is 0.358 e. The number of ether oxygens (including phenoxy) is 1. The first-order valence-corrected chi connectivity index (χ1v) is 5.15. The lowest BCUT2D eigenvalue weighted by molar-refractivity contribution is 0.0682. The Morgan fingerprint density at radius 2 is 2.25 bits per heavy atom. The fourth-order valence-corrected chi connectivity index (χ4v) is 1.03. The van der Waals surface area contributed by atoms with Gasteiger partial charge in [0.1, 0.15) is 6.61 Å². The molecule has 1 N–H and O–H groups in total. The van der Waals surface area contributed by atoms with Gasteiger partial charge in [-0.2, -0.15) is 0 Å². The minimum Gasteiger partial charge on any atom is -0.476 e. The zero-order valence-electron chi connectivity index (χ0n) is 9.82. The first kappa shape index (κ1) is 12.7. The van der Waals surface area contributed by atoms with Crippen molar-refractivity contribution < 1.29 is 19.2 Å². The number of hydrogen-bond donors (Lipinski definition) is 1. The van der Waals surface area contributed by atoms with Crippen molar-refractivity contribution in [2.45, 2.75) is 33.8 Å². The second-order valence-corrected chi connectivity index (χ2v) is 4.85. The number of aromatic nitrogens is 1. The van der Waals surface area contributed by atoms with Crippen molar-refractivity contribution in [3.63, 3.8) is 0 Å². The van der Waals surface area contributed by atoms with E-state index in [9.17, 15) is 4.79 Å². The quantitative estimate of drug-likeness (QED) is 0.781. The van der Waals surface area contributed by atoms with Gasteiger partial charge >= 0.3 is 5.97 Å². The van der Waals surface area contributed by atoms with Crippen LogP contribution in [-0.4, -0.2) is 22.8 Å². The lowest BCUT2D eigenvalue weighted by Gasteiger charge is -2.17. The maximum atomic E-state index is 10.5. The fourth-order valence-electron chi connectivity index (χ4n) is 1.03. The molecule has 0 spiro atoms. The molecule has 16 heavy (non-hydrogen) atoms.